The molecule has 0 fully saturated rings. The number of carbonyl (C=O) groups excluding carboxylic acids is 1. The van der Waals surface area contributed by atoms with Crippen LogP contribution in [0.3, 0.4) is 0 Å². The van der Waals surface area contributed by atoms with Crippen molar-refractivity contribution in [2.45, 2.75) is 34.6 Å². The number of benzene rings is 1. The van der Waals surface area contributed by atoms with Crippen molar-refractivity contribution in [2.24, 2.45) is 5.41 Å². The number of hydrogen-bond donors (Lipinski definition) is 0. The summed E-state index contributed by atoms with van der Waals surface area (Å²) < 4.78 is 0. The Morgan fingerprint density at radius 2 is 1.69 bits per heavy atom. The second-order valence-electron chi connectivity index (χ2n) is 4.21. The first-order valence-corrected chi connectivity index (χ1v) is 5.60. The monoisotopic (exact) mass is 216 g/mol. The fraction of sp³-hybridized carbons (Fsp3) is 0.400. The van der Waals surface area contributed by atoms with Gasteiger partial charge in [-0.25, -0.2) is 0 Å². The lowest BCUT2D eigenvalue weighted by molar-refractivity contribution is 0.112. The van der Waals surface area contributed by atoms with E-state index in [0.29, 0.717) is 5.56 Å². The molecule has 1 aromatic rings. The summed E-state index contributed by atoms with van der Waals surface area (Å²) in [5.74, 6) is 6.13. The van der Waals surface area contributed by atoms with Gasteiger partial charge in [-0.15, -0.1) is 0 Å². The molecule has 0 radical (unpaired) electrons. The van der Waals surface area contributed by atoms with Gasteiger partial charge in [0.05, 0.1) is 0 Å². The molecule has 0 saturated heterocycles. The molecule has 1 nitrogen and oxygen atoms in total. The van der Waals surface area contributed by atoms with Gasteiger partial charge in [-0.1, -0.05) is 43.9 Å². The number of rotatable bonds is 1. The third-order valence-corrected chi connectivity index (χ3v) is 1.66. The van der Waals surface area contributed by atoms with Crippen molar-refractivity contribution in [3.8, 4) is 11.8 Å². The van der Waals surface area contributed by atoms with Crippen molar-refractivity contribution >= 4 is 6.29 Å². The normalized spacial score (nSPS) is 9.31. The van der Waals surface area contributed by atoms with Crippen LogP contribution in [0.5, 0.6) is 0 Å². The molecule has 0 spiro atoms. The van der Waals surface area contributed by atoms with E-state index in [1.165, 1.54) is 0 Å². The van der Waals surface area contributed by atoms with Gasteiger partial charge in [0.25, 0.3) is 0 Å². The predicted octanol–water partition coefficient (Wildman–Crippen LogP) is 3.92. The third-order valence-electron chi connectivity index (χ3n) is 1.66. The molecule has 0 N–H and O–H groups in total. The quantitative estimate of drug-likeness (QED) is 0.513. The third kappa shape index (κ3) is 5.36. The molecule has 0 unspecified atom stereocenters. The van der Waals surface area contributed by atoms with Crippen LogP contribution < -0.4 is 0 Å². The minimum atomic E-state index is -0.0318. The second-order valence-corrected chi connectivity index (χ2v) is 4.21. The van der Waals surface area contributed by atoms with Gasteiger partial charge >= 0.3 is 0 Å². The molecule has 0 bridgehead atoms. The van der Waals surface area contributed by atoms with Crippen molar-refractivity contribution < 1.29 is 4.79 Å². The van der Waals surface area contributed by atoms with Crippen LogP contribution in [-0.4, -0.2) is 6.29 Å². The zero-order valence-corrected chi connectivity index (χ0v) is 10.8. The van der Waals surface area contributed by atoms with Crippen LogP contribution in [0, 0.1) is 17.3 Å². The lowest BCUT2D eigenvalue weighted by Gasteiger charge is -2.07. The van der Waals surface area contributed by atoms with Crippen LogP contribution in [0.1, 0.15) is 50.5 Å². The Labute approximate surface area is 98.9 Å². The highest BCUT2D eigenvalue weighted by Gasteiger charge is 2.04. The highest BCUT2D eigenvalue weighted by atomic mass is 16.1. The van der Waals surface area contributed by atoms with Crippen molar-refractivity contribution in [3.63, 3.8) is 0 Å². The van der Waals surface area contributed by atoms with Crippen LogP contribution in [0.15, 0.2) is 24.3 Å². The maximum absolute atomic E-state index is 10.7. The number of carbonyl (C=O) groups is 1. The van der Waals surface area contributed by atoms with Crippen LogP contribution in [0.2, 0.25) is 0 Å². The van der Waals surface area contributed by atoms with E-state index in [2.05, 4.69) is 11.8 Å². The molecule has 16 heavy (non-hydrogen) atoms. The van der Waals surface area contributed by atoms with E-state index in [9.17, 15) is 4.79 Å². The molecule has 1 aromatic carbocycles. The molecular weight excluding hydrogens is 196 g/mol. The largest absolute Gasteiger partial charge is 0.298 e. The zero-order valence-electron chi connectivity index (χ0n) is 10.8. The Morgan fingerprint density at radius 1 is 1.12 bits per heavy atom. The minimum absolute atomic E-state index is 0.0318. The lowest BCUT2D eigenvalue weighted by atomic mass is 9.97. The van der Waals surface area contributed by atoms with Crippen molar-refractivity contribution in [2.75, 3.05) is 0 Å². The first-order chi connectivity index (χ1) is 7.53. The van der Waals surface area contributed by atoms with E-state index >= 15 is 0 Å². The van der Waals surface area contributed by atoms with Crippen LogP contribution in [0.25, 0.3) is 0 Å². The predicted molar refractivity (Wildman–Crippen MR) is 69.5 cm³/mol. The summed E-state index contributed by atoms with van der Waals surface area (Å²) in [4.78, 5) is 10.7. The molecule has 0 aromatic heterocycles. The van der Waals surface area contributed by atoms with Gasteiger partial charge in [0.2, 0.25) is 0 Å². The van der Waals surface area contributed by atoms with E-state index in [-0.39, 0.29) is 5.41 Å². The molecule has 0 saturated carbocycles. The lowest BCUT2D eigenvalue weighted by Crippen LogP contribution is -1.99. The average Bonchev–Trinajstić information content (AvgIpc) is 2.28. The first kappa shape index (κ1) is 14.5. The Bertz CT molecular complexity index is 386. The van der Waals surface area contributed by atoms with Crippen LogP contribution >= 0.6 is 0 Å². The first-order valence-electron chi connectivity index (χ1n) is 5.60. The molecule has 1 rings (SSSR count). The summed E-state index contributed by atoms with van der Waals surface area (Å²) >= 11 is 0. The fourth-order valence-corrected chi connectivity index (χ4v) is 0.968. The molecule has 0 amide bonds. The van der Waals surface area contributed by atoms with Crippen molar-refractivity contribution in [3.05, 3.63) is 35.4 Å². The molecule has 0 heterocycles. The van der Waals surface area contributed by atoms with Gasteiger partial charge in [-0.3, -0.25) is 4.79 Å². The van der Waals surface area contributed by atoms with E-state index in [1.807, 2.05) is 52.8 Å². The summed E-state index contributed by atoms with van der Waals surface area (Å²) in [6.45, 7) is 10.1. The summed E-state index contributed by atoms with van der Waals surface area (Å²) in [7, 11) is 0. The fourth-order valence-electron chi connectivity index (χ4n) is 0.968. The smallest absolute Gasteiger partial charge is 0.151 e. The van der Waals surface area contributed by atoms with Gasteiger partial charge in [0, 0.05) is 16.5 Å². The Kier molecular flexibility index (Phi) is 6.18. The Balaban J connectivity index is 0.00000106. The Morgan fingerprint density at radius 3 is 2.19 bits per heavy atom. The molecule has 0 aliphatic heterocycles. The molecule has 86 valence electrons. The highest BCUT2D eigenvalue weighted by molar-refractivity contribution is 5.79. The van der Waals surface area contributed by atoms with Crippen LogP contribution in [-0.2, 0) is 0 Å². The maximum Gasteiger partial charge on any atom is 0.151 e. The van der Waals surface area contributed by atoms with E-state index in [0.717, 1.165) is 11.8 Å². The molecule has 0 atom stereocenters. The average molecular weight is 216 g/mol. The van der Waals surface area contributed by atoms with Crippen molar-refractivity contribution in [1.82, 2.24) is 0 Å². The van der Waals surface area contributed by atoms with E-state index in [4.69, 9.17) is 0 Å². The van der Waals surface area contributed by atoms with E-state index in [1.54, 1.807) is 6.07 Å². The maximum atomic E-state index is 10.7. The highest BCUT2D eigenvalue weighted by Crippen LogP contribution is 2.11. The minimum Gasteiger partial charge on any atom is -0.298 e. The molecule has 0 aliphatic carbocycles. The summed E-state index contributed by atoms with van der Waals surface area (Å²) in [6, 6.07) is 7.37. The summed E-state index contributed by atoms with van der Waals surface area (Å²) in [6.07, 6.45) is 0.840. The molecular formula is C15H20O. The number of hydrogen-bond acceptors (Lipinski definition) is 1. The number of aldehydes is 1. The molecule has 1 heteroatoms. The standard InChI is InChI=1S/C13H14O.C2H6/c1-13(2,3)9-8-11-6-4-5-7-12(11)10-14;1-2/h4-7,10H,1-3H3;1-2H3. The van der Waals surface area contributed by atoms with Gasteiger partial charge in [0.15, 0.2) is 6.29 Å². The van der Waals surface area contributed by atoms with Crippen LogP contribution in [0.4, 0.5) is 0 Å². The van der Waals surface area contributed by atoms with Gasteiger partial charge in [-0.2, -0.15) is 0 Å². The van der Waals surface area contributed by atoms with Gasteiger partial charge < -0.3 is 0 Å². The van der Waals surface area contributed by atoms with Gasteiger partial charge in [0.1, 0.15) is 0 Å². The summed E-state index contributed by atoms with van der Waals surface area (Å²) in [5.41, 5.74) is 1.43. The van der Waals surface area contributed by atoms with Gasteiger partial charge in [-0.05, 0) is 26.8 Å². The molecule has 0 aliphatic rings. The summed E-state index contributed by atoms with van der Waals surface area (Å²) in [5, 5.41) is 0. The Hall–Kier alpha value is -1.55. The van der Waals surface area contributed by atoms with E-state index < -0.39 is 0 Å². The SMILES string of the molecule is CC.CC(C)(C)C#Cc1ccccc1C=O. The zero-order chi connectivity index (χ0) is 12.6. The van der Waals surface area contributed by atoms with Crippen molar-refractivity contribution in [1.29, 1.82) is 0 Å². The topological polar surface area (TPSA) is 17.1 Å². The second kappa shape index (κ2) is 6.85.